The average molecular weight is 433 g/mol. The van der Waals surface area contributed by atoms with Gasteiger partial charge in [0.25, 0.3) is 0 Å². The lowest BCUT2D eigenvalue weighted by Gasteiger charge is -2.24. The van der Waals surface area contributed by atoms with Crippen molar-refractivity contribution in [2.24, 2.45) is 0 Å². The van der Waals surface area contributed by atoms with Crippen molar-refractivity contribution in [2.75, 3.05) is 13.7 Å². The summed E-state index contributed by atoms with van der Waals surface area (Å²) in [5.74, 6) is 0.960. The normalized spacial score (nSPS) is 12.5. The van der Waals surface area contributed by atoms with Crippen LogP contribution in [0.25, 0.3) is 0 Å². The number of ether oxygens (including phenoxy) is 1. The standard InChI is InChI=1S/C16H19Br2NOS/c1-5-19-14(16-11(17)6-7-21-16)13-10(3)12(18)8-9(2)15(13)20-4/h6-8,14,19H,5H2,1-4H3. The van der Waals surface area contributed by atoms with Crippen LogP contribution in [0.4, 0.5) is 0 Å². The Morgan fingerprint density at radius 1 is 1.29 bits per heavy atom. The van der Waals surface area contributed by atoms with E-state index in [1.54, 1.807) is 18.4 Å². The third kappa shape index (κ3) is 3.36. The maximum atomic E-state index is 5.71. The van der Waals surface area contributed by atoms with E-state index >= 15 is 0 Å². The molecule has 0 fully saturated rings. The fourth-order valence-corrected chi connectivity index (χ4v) is 4.78. The van der Waals surface area contributed by atoms with Crippen LogP contribution >= 0.6 is 43.2 Å². The van der Waals surface area contributed by atoms with Gasteiger partial charge < -0.3 is 10.1 Å². The minimum atomic E-state index is 0.121. The molecule has 114 valence electrons. The van der Waals surface area contributed by atoms with Gasteiger partial charge in [-0.15, -0.1) is 11.3 Å². The molecule has 0 amide bonds. The van der Waals surface area contributed by atoms with Crippen LogP contribution in [0.5, 0.6) is 5.75 Å². The summed E-state index contributed by atoms with van der Waals surface area (Å²) in [5, 5.41) is 5.70. The maximum absolute atomic E-state index is 5.71. The number of rotatable bonds is 5. The number of benzene rings is 1. The van der Waals surface area contributed by atoms with E-state index in [0.29, 0.717) is 0 Å². The van der Waals surface area contributed by atoms with Crippen LogP contribution in [0, 0.1) is 13.8 Å². The van der Waals surface area contributed by atoms with E-state index < -0.39 is 0 Å². The van der Waals surface area contributed by atoms with Crippen LogP contribution in [0.15, 0.2) is 26.5 Å². The Balaban J connectivity index is 2.68. The highest BCUT2D eigenvalue weighted by Crippen LogP contribution is 2.42. The molecule has 0 saturated carbocycles. The molecule has 21 heavy (non-hydrogen) atoms. The largest absolute Gasteiger partial charge is 0.496 e. The van der Waals surface area contributed by atoms with Crippen molar-refractivity contribution >= 4 is 43.2 Å². The van der Waals surface area contributed by atoms with Crippen molar-refractivity contribution in [3.63, 3.8) is 0 Å². The number of hydrogen-bond acceptors (Lipinski definition) is 3. The SMILES string of the molecule is CCNC(c1sccc1Br)c1c(C)c(Br)cc(C)c1OC. The molecule has 0 saturated heterocycles. The van der Waals surface area contributed by atoms with Gasteiger partial charge >= 0.3 is 0 Å². The molecule has 0 aliphatic rings. The van der Waals surface area contributed by atoms with Crippen molar-refractivity contribution in [3.8, 4) is 5.75 Å². The van der Waals surface area contributed by atoms with Gasteiger partial charge in [0, 0.05) is 19.4 Å². The smallest absolute Gasteiger partial charge is 0.127 e. The van der Waals surface area contributed by atoms with Gasteiger partial charge in [-0.25, -0.2) is 0 Å². The Labute approximate surface area is 147 Å². The Kier molecular flexibility index (Phi) is 5.88. The van der Waals surface area contributed by atoms with Crippen molar-refractivity contribution in [2.45, 2.75) is 26.8 Å². The topological polar surface area (TPSA) is 21.3 Å². The van der Waals surface area contributed by atoms with Gasteiger partial charge in [-0.2, -0.15) is 0 Å². The lowest BCUT2D eigenvalue weighted by Crippen LogP contribution is -2.23. The number of nitrogens with one attached hydrogen (secondary N) is 1. The molecule has 2 rings (SSSR count). The molecule has 1 heterocycles. The number of methoxy groups -OCH3 is 1. The molecule has 1 unspecified atom stereocenters. The van der Waals surface area contributed by atoms with Gasteiger partial charge in [-0.3, -0.25) is 0 Å². The third-order valence-electron chi connectivity index (χ3n) is 3.52. The van der Waals surface area contributed by atoms with Crippen LogP contribution < -0.4 is 10.1 Å². The molecule has 0 spiro atoms. The zero-order valence-corrected chi connectivity index (χ0v) is 16.6. The molecule has 1 aromatic carbocycles. The average Bonchev–Trinajstić information content (AvgIpc) is 2.86. The summed E-state index contributed by atoms with van der Waals surface area (Å²) < 4.78 is 7.96. The first-order valence-electron chi connectivity index (χ1n) is 6.81. The summed E-state index contributed by atoms with van der Waals surface area (Å²) in [7, 11) is 1.74. The molecule has 5 heteroatoms. The summed E-state index contributed by atoms with van der Waals surface area (Å²) in [6.07, 6.45) is 0. The highest BCUT2D eigenvalue weighted by molar-refractivity contribution is 9.10. The molecule has 1 atom stereocenters. The highest BCUT2D eigenvalue weighted by Gasteiger charge is 2.25. The van der Waals surface area contributed by atoms with E-state index in [-0.39, 0.29) is 6.04 Å². The van der Waals surface area contributed by atoms with Crippen LogP contribution in [-0.2, 0) is 0 Å². The number of hydrogen-bond donors (Lipinski definition) is 1. The van der Waals surface area contributed by atoms with Gasteiger partial charge in [0.05, 0.1) is 13.2 Å². The van der Waals surface area contributed by atoms with Gasteiger partial charge in [-0.05, 0) is 65.0 Å². The molecule has 2 nitrogen and oxygen atoms in total. The van der Waals surface area contributed by atoms with Crippen LogP contribution in [0.3, 0.4) is 0 Å². The molecule has 0 bridgehead atoms. The van der Waals surface area contributed by atoms with E-state index in [1.165, 1.54) is 16.0 Å². The third-order valence-corrected chi connectivity index (χ3v) is 6.28. The Morgan fingerprint density at radius 3 is 2.52 bits per heavy atom. The van der Waals surface area contributed by atoms with Crippen molar-refractivity contribution < 1.29 is 4.74 Å². The molecule has 0 aliphatic carbocycles. The summed E-state index contributed by atoms with van der Waals surface area (Å²) in [5.41, 5.74) is 3.55. The molecule has 2 aromatic rings. The summed E-state index contributed by atoms with van der Waals surface area (Å²) in [6, 6.07) is 4.33. The van der Waals surface area contributed by atoms with Crippen LogP contribution in [0.1, 0.15) is 34.5 Å². The predicted molar refractivity (Wildman–Crippen MR) is 97.7 cm³/mol. The minimum Gasteiger partial charge on any atom is -0.496 e. The zero-order chi connectivity index (χ0) is 15.6. The first-order valence-corrected chi connectivity index (χ1v) is 9.27. The molecule has 0 aliphatic heterocycles. The first-order chi connectivity index (χ1) is 10.0. The van der Waals surface area contributed by atoms with Gasteiger partial charge in [0.15, 0.2) is 0 Å². The maximum Gasteiger partial charge on any atom is 0.127 e. The summed E-state index contributed by atoms with van der Waals surface area (Å²) >= 11 is 9.08. The Hall–Kier alpha value is -0.360. The quantitative estimate of drug-likeness (QED) is 0.663. The second-order valence-electron chi connectivity index (χ2n) is 4.87. The van der Waals surface area contributed by atoms with Gasteiger partial charge in [-0.1, -0.05) is 22.9 Å². The van der Waals surface area contributed by atoms with E-state index in [2.05, 4.69) is 75.5 Å². The lowest BCUT2D eigenvalue weighted by atomic mass is 9.96. The van der Waals surface area contributed by atoms with Gasteiger partial charge in [0.2, 0.25) is 0 Å². The van der Waals surface area contributed by atoms with E-state index in [0.717, 1.165) is 26.8 Å². The monoisotopic (exact) mass is 431 g/mol. The molecular weight excluding hydrogens is 414 g/mol. The summed E-state index contributed by atoms with van der Waals surface area (Å²) in [6.45, 7) is 7.23. The Morgan fingerprint density at radius 2 is 2.00 bits per heavy atom. The molecule has 1 aromatic heterocycles. The van der Waals surface area contributed by atoms with Crippen LogP contribution in [-0.4, -0.2) is 13.7 Å². The zero-order valence-electron chi connectivity index (χ0n) is 12.6. The predicted octanol–water partition coefficient (Wildman–Crippen LogP) is 5.60. The Bertz CT molecular complexity index is 639. The molecule has 1 N–H and O–H groups in total. The fraction of sp³-hybridized carbons (Fsp3) is 0.375. The van der Waals surface area contributed by atoms with Crippen molar-refractivity contribution in [3.05, 3.63) is 48.0 Å². The second-order valence-corrected chi connectivity index (χ2v) is 7.53. The molecular formula is C16H19Br2NOS. The van der Waals surface area contributed by atoms with Crippen molar-refractivity contribution in [1.29, 1.82) is 0 Å². The second kappa shape index (κ2) is 7.27. The number of thiophene rings is 1. The fourth-order valence-electron chi connectivity index (χ4n) is 2.54. The number of halogens is 2. The lowest BCUT2D eigenvalue weighted by molar-refractivity contribution is 0.400. The summed E-state index contributed by atoms with van der Waals surface area (Å²) in [4.78, 5) is 1.27. The number of aryl methyl sites for hydroxylation is 1. The van der Waals surface area contributed by atoms with E-state index in [9.17, 15) is 0 Å². The van der Waals surface area contributed by atoms with Gasteiger partial charge in [0.1, 0.15) is 5.75 Å². The van der Waals surface area contributed by atoms with E-state index in [1.807, 2.05) is 0 Å². The minimum absolute atomic E-state index is 0.121. The highest BCUT2D eigenvalue weighted by atomic mass is 79.9. The van der Waals surface area contributed by atoms with Crippen LogP contribution in [0.2, 0.25) is 0 Å². The van der Waals surface area contributed by atoms with Crippen molar-refractivity contribution in [1.82, 2.24) is 5.32 Å². The molecule has 0 radical (unpaired) electrons. The first kappa shape index (κ1) is 17.0. The van der Waals surface area contributed by atoms with E-state index in [4.69, 9.17) is 4.74 Å².